The minimum atomic E-state index is -3.59. The number of hydrogen-bond acceptors (Lipinski definition) is 7. The predicted octanol–water partition coefficient (Wildman–Crippen LogP) is 0.379. The van der Waals surface area contributed by atoms with E-state index in [1.807, 2.05) is 0 Å². The van der Waals surface area contributed by atoms with Gasteiger partial charge in [0.15, 0.2) is 0 Å². The molecule has 2 aromatic rings. The quantitative estimate of drug-likeness (QED) is 0.688. The monoisotopic (exact) mass is 402 g/mol. The van der Waals surface area contributed by atoms with Crippen LogP contribution in [-0.4, -0.2) is 62.0 Å². The zero-order chi connectivity index (χ0) is 17.8. The first-order valence-corrected chi connectivity index (χ1v) is 9.56. The van der Waals surface area contributed by atoms with Gasteiger partial charge in [-0.1, -0.05) is 0 Å². The number of rotatable bonds is 7. The van der Waals surface area contributed by atoms with Gasteiger partial charge in [-0.3, -0.25) is 0 Å². The molecule has 1 aromatic carbocycles. The van der Waals surface area contributed by atoms with Crippen LogP contribution in [-0.2, 0) is 14.8 Å². The van der Waals surface area contributed by atoms with E-state index in [4.69, 9.17) is 4.74 Å². The molecule has 9 nitrogen and oxygen atoms in total. The normalized spacial score (nSPS) is 16.8. The van der Waals surface area contributed by atoms with Crippen LogP contribution >= 0.6 is 12.4 Å². The Labute approximate surface area is 159 Å². The van der Waals surface area contributed by atoms with Crippen molar-refractivity contribution in [3.63, 3.8) is 0 Å². The molecule has 2 heterocycles. The number of tetrazole rings is 1. The Morgan fingerprint density at radius 1 is 1.27 bits per heavy atom. The smallest absolute Gasteiger partial charge is 0.240 e. The highest BCUT2D eigenvalue weighted by molar-refractivity contribution is 7.89. The Kier molecular flexibility index (Phi) is 7.07. The zero-order valence-corrected chi connectivity index (χ0v) is 16.1. The zero-order valence-electron chi connectivity index (χ0n) is 14.5. The van der Waals surface area contributed by atoms with Gasteiger partial charge < -0.3 is 10.1 Å². The fraction of sp³-hybridized carbons (Fsp3) is 0.533. The molecule has 0 radical (unpaired) electrons. The molecule has 1 saturated heterocycles. The van der Waals surface area contributed by atoms with Crippen molar-refractivity contribution in [3.05, 3.63) is 30.6 Å². The molecule has 0 unspecified atom stereocenters. The maximum Gasteiger partial charge on any atom is 0.240 e. The van der Waals surface area contributed by atoms with Crippen LogP contribution in [0.25, 0.3) is 5.69 Å². The largest absolute Gasteiger partial charge is 0.384 e. The SMILES string of the molecule is COCC1(CNS(=O)(=O)c2ccc(-n3cnnn3)cc2)CCNCC1.Cl. The van der Waals surface area contributed by atoms with E-state index >= 15 is 0 Å². The summed E-state index contributed by atoms with van der Waals surface area (Å²) in [6.45, 7) is 2.63. The first kappa shape index (κ1) is 20.7. The van der Waals surface area contributed by atoms with Crippen LogP contribution in [0.3, 0.4) is 0 Å². The lowest BCUT2D eigenvalue weighted by atomic mass is 9.80. The van der Waals surface area contributed by atoms with Gasteiger partial charge in [-0.05, 0) is 60.6 Å². The molecule has 26 heavy (non-hydrogen) atoms. The number of aromatic nitrogens is 4. The molecule has 1 aromatic heterocycles. The Hall–Kier alpha value is -1.59. The minimum absolute atomic E-state index is 0. The molecule has 11 heteroatoms. The summed E-state index contributed by atoms with van der Waals surface area (Å²) in [4.78, 5) is 0.214. The summed E-state index contributed by atoms with van der Waals surface area (Å²) in [5.74, 6) is 0. The van der Waals surface area contributed by atoms with Crippen LogP contribution < -0.4 is 10.0 Å². The first-order chi connectivity index (χ1) is 12.0. The molecule has 1 aliphatic heterocycles. The number of methoxy groups -OCH3 is 1. The van der Waals surface area contributed by atoms with E-state index in [0.29, 0.717) is 18.8 Å². The Balaban J connectivity index is 0.00000243. The highest BCUT2D eigenvalue weighted by Gasteiger charge is 2.33. The van der Waals surface area contributed by atoms with Gasteiger partial charge in [-0.25, -0.2) is 17.8 Å². The molecule has 3 rings (SSSR count). The van der Waals surface area contributed by atoms with E-state index in [0.717, 1.165) is 25.9 Å². The van der Waals surface area contributed by atoms with E-state index in [2.05, 4.69) is 25.6 Å². The maximum absolute atomic E-state index is 12.6. The average Bonchev–Trinajstić information content (AvgIpc) is 3.16. The standard InChI is InChI=1S/C15H22N6O3S.ClH/c1-24-11-15(6-8-16-9-7-15)10-18-25(22,23)14-4-2-13(3-5-14)21-12-17-19-20-21;/h2-5,12,16,18H,6-11H2,1H3;1H. The average molecular weight is 403 g/mol. The topological polar surface area (TPSA) is 111 Å². The molecule has 0 amide bonds. The summed E-state index contributed by atoms with van der Waals surface area (Å²) in [5.41, 5.74) is 0.525. The van der Waals surface area contributed by atoms with Crippen LogP contribution in [0, 0.1) is 5.41 Å². The van der Waals surface area contributed by atoms with Gasteiger partial charge in [0.05, 0.1) is 17.2 Å². The van der Waals surface area contributed by atoms with Crippen molar-refractivity contribution in [2.24, 2.45) is 5.41 Å². The second kappa shape index (κ2) is 8.87. The molecule has 0 atom stereocenters. The number of nitrogens with zero attached hydrogens (tertiary/aromatic N) is 4. The van der Waals surface area contributed by atoms with Crippen LogP contribution in [0.4, 0.5) is 0 Å². The van der Waals surface area contributed by atoms with Crippen LogP contribution in [0.15, 0.2) is 35.5 Å². The summed E-state index contributed by atoms with van der Waals surface area (Å²) < 4.78 is 34.7. The molecular weight excluding hydrogens is 380 g/mol. The molecule has 0 bridgehead atoms. The van der Waals surface area contributed by atoms with Crippen LogP contribution in [0.1, 0.15) is 12.8 Å². The molecule has 1 aliphatic rings. The lowest BCUT2D eigenvalue weighted by Gasteiger charge is -2.37. The van der Waals surface area contributed by atoms with Crippen molar-refractivity contribution in [2.75, 3.05) is 33.4 Å². The Morgan fingerprint density at radius 3 is 2.54 bits per heavy atom. The molecule has 0 saturated carbocycles. The molecule has 0 spiro atoms. The van der Waals surface area contributed by atoms with Crippen molar-refractivity contribution >= 4 is 22.4 Å². The highest BCUT2D eigenvalue weighted by atomic mass is 35.5. The Bertz CT molecular complexity index is 771. The van der Waals surface area contributed by atoms with E-state index in [1.165, 1.54) is 11.0 Å². The number of nitrogens with one attached hydrogen (secondary N) is 2. The second-order valence-electron chi connectivity index (χ2n) is 6.26. The van der Waals surface area contributed by atoms with E-state index in [1.54, 1.807) is 31.4 Å². The predicted molar refractivity (Wildman–Crippen MR) is 98.0 cm³/mol. The third-order valence-corrected chi connectivity index (χ3v) is 5.93. The lowest BCUT2D eigenvalue weighted by Crippen LogP contribution is -2.47. The second-order valence-corrected chi connectivity index (χ2v) is 8.02. The third kappa shape index (κ3) is 4.77. The van der Waals surface area contributed by atoms with Crippen molar-refractivity contribution in [1.29, 1.82) is 0 Å². The van der Waals surface area contributed by atoms with Crippen LogP contribution in [0.5, 0.6) is 0 Å². The van der Waals surface area contributed by atoms with Crippen molar-refractivity contribution < 1.29 is 13.2 Å². The van der Waals surface area contributed by atoms with E-state index < -0.39 is 10.0 Å². The number of ether oxygens (including phenoxy) is 1. The number of sulfonamides is 1. The highest BCUT2D eigenvalue weighted by Crippen LogP contribution is 2.29. The molecule has 1 fully saturated rings. The van der Waals surface area contributed by atoms with Gasteiger partial charge in [0, 0.05) is 19.1 Å². The molecule has 144 valence electrons. The lowest BCUT2D eigenvalue weighted by molar-refractivity contribution is 0.0577. The third-order valence-electron chi connectivity index (χ3n) is 4.51. The summed E-state index contributed by atoms with van der Waals surface area (Å²) in [6.07, 6.45) is 3.20. The fourth-order valence-electron chi connectivity index (χ4n) is 3.02. The van der Waals surface area contributed by atoms with Crippen molar-refractivity contribution in [1.82, 2.24) is 30.2 Å². The maximum atomic E-state index is 12.6. The number of hydrogen-bond donors (Lipinski definition) is 2. The summed E-state index contributed by atoms with van der Waals surface area (Å²) in [5, 5.41) is 14.2. The fourth-order valence-corrected chi connectivity index (χ4v) is 4.18. The number of piperidine rings is 1. The van der Waals surface area contributed by atoms with Crippen LogP contribution in [0.2, 0.25) is 0 Å². The summed E-state index contributed by atoms with van der Waals surface area (Å²) >= 11 is 0. The number of benzene rings is 1. The minimum Gasteiger partial charge on any atom is -0.384 e. The van der Waals surface area contributed by atoms with E-state index in [9.17, 15) is 8.42 Å². The van der Waals surface area contributed by atoms with Gasteiger partial charge in [0.1, 0.15) is 6.33 Å². The molecular formula is C15H23ClN6O3S. The van der Waals surface area contributed by atoms with Crippen molar-refractivity contribution in [3.8, 4) is 5.69 Å². The molecule has 0 aliphatic carbocycles. The van der Waals surface area contributed by atoms with Gasteiger partial charge in [-0.15, -0.1) is 17.5 Å². The van der Waals surface area contributed by atoms with Crippen molar-refractivity contribution in [2.45, 2.75) is 17.7 Å². The Morgan fingerprint density at radius 2 is 1.96 bits per heavy atom. The van der Waals surface area contributed by atoms with Gasteiger partial charge >= 0.3 is 0 Å². The van der Waals surface area contributed by atoms with E-state index in [-0.39, 0.29) is 22.7 Å². The van der Waals surface area contributed by atoms with Gasteiger partial charge in [0.25, 0.3) is 0 Å². The number of halogens is 1. The molecule has 2 N–H and O–H groups in total. The van der Waals surface area contributed by atoms with Gasteiger partial charge in [-0.2, -0.15) is 0 Å². The van der Waals surface area contributed by atoms with Gasteiger partial charge in [0.2, 0.25) is 10.0 Å². The summed E-state index contributed by atoms with van der Waals surface area (Å²) in [7, 11) is -1.94. The summed E-state index contributed by atoms with van der Waals surface area (Å²) in [6, 6.07) is 6.43. The first-order valence-electron chi connectivity index (χ1n) is 8.07.